The van der Waals surface area contributed by atoms with E-state index in [9.17, 15) is 19.7 Å². The molecule has 1 amide bonds. The number of carboxylic acids is 1. The molecule has 0 spiro atoms. The molecule has 2 aromatic rings. The summed E-state index contributed by atoms with van der Waals surface area (Å²) in [6.45, 7) is -0.174. The van der Waals surface area contributed by atoms with Crippen LogP contribution in [0.4, 0.5) is 5.69 Å². The summed E-state index contributed by atoms with van der Waals surface area (Å²) in [7, 11) is 0. The lowest BCUT2D eigenvalue weighted by molar-refractivity contribution is -0.385. The normalized spacial score (nSPS) is 11.7. The van der Waals surface area contributed by atoms with E-state index in [1.54, 1.807) is 0 Å². The maximum Gasteiger partial charge on any atom is 0.307 e. The third kappa shape index (κ3) is 6.05. The number of amides is 1. The van der Waals surface area contributed by atoms with Crippen molar-refractivity contribution in [3.8, 4) is 0 Å². The molecule has 25 heavy (non-hydrogen) atoms. The van der Waals surface area contributed by atoms with E-state index in [1.165, 1.54) is 10.9 Å². The van der Waals surface area contributed by atoms with E-state index < -0.39 is 10.9 Å². The molecule has 9 heteroatoms. The lowest BCUT2D eigenvalue weighted by Gasteiger charge is -2.18. The summed E-state index contributed by atoms with van der Waals surface area (Å²) in [5.74, 6) is -1.32. The van der Waals surface area contributed by atoms with Crippen LogP contribution in [0, 0.1) is 10.1 Å². The van der Waals surface area contributed by atoms with E-state index >= 15 is 0 Å². The molecule has 0 saturated heterocycles. The maximum absolute atomic E-state index is 12.1. The Morgan fingerprint density at radius 2 is 2.04 bits per heavy atom. The van der Waals surface area contributed by atoms with Gasteiger partial charge in [-0.25, -0.2) is 0 Å². The van der Waals surface area contributed by atoms with Gasteiger partial charge in [-0.15, -0.1) is 0 Å². The number of carbonyl (C=O) groups excluding carboxylic acids is 1. The van der Waals surface area contributed by atoms with Crippen molar-refractivity contribution in [1.82, 2.24) is 15.1 Å². The van der Waals surface area contributed by atoms with Crippen LogP contribution in [0.25, 0.3) is 0 Å². The van der Waals surface area contributed by atoms with Crippen molar-refractivity contribution in [2.75, 3.05) is 0 Å². The number of carbonyl (C=O) groups is 2. The van der Waals surface area contributed by atoms with Crippen LogP contribution in [0.1, 0.15) is 18.4 Å². The molecule has 1 heterocycles. The quantitative estimate of drug-likeness (QED) is 0.521. The summed E-state index contributed by atoms with van der Waals surface area (Å²) in [6, 6.07) is 9.06. The third-order valence-electron chi connectivity index (χ3n) is 3.53. The van der Waals surface area contributed by atoms with Gasteiger partial charge in [0, 0.05) is 12.5 Å². The van der Waals surface area contributed by atoms with Crippen molar-refractivity contribution in [2.24, 2.45) is 0 Å². The van der Waals surface area contributed by atoms with E-state index in [-0.39, 0.29) is 37.0 Å². The van der Waals surface area contributed by atoms with Crippen molar-refractivity contribution >= 4 is 17.6 Å². The van der Waals surface area contributed by atoms with Crippen LogP contribution in [0.2, 0.25) is 0 Å². The molecule has 0 radical (unpaired) electrons. The Hall–Kier alpha value is -3.23. The van der Waals surface area contributed by atoms with Gasteiger partial charge in [0.2, 0.25) is 5.91 Å². The lowest BCUT2D eigenvalue weighted by Crippen LogP contribution is -2.38. The molecule has 1 unspecified atom stereocenters. The molecule has 2 rings (SSSR count). The minimum atomic E-state index is -0.935. The number of nitrogens with zero attached hydrogens (tertiary/aromatic N) is 3. The Bertz CT molecular complexity index is 744. The van der Waals surface area contributed by atoms with E-state index in [1.807, 2.05) is 30.3 Å². The molecule has 2 N–H and O–H groups in total. The van der Waals surface area contributed by atoms with E-state index in [0.717, 1.165) is 11.8 Å². The monoisotopic (exact) mass is 346 g/mol. The number of benzene rings is 1. The third-order valence-corrected chi connectivity index (χ3v) is 3.53. The second kappa shape index (κ2) is 8.57. The SMILES string of the molecule is O=C(O)CCC(Cc1ccccc1)NC(=O)Cn1cc([N+](=O)[O-])cn1. The van der Waals surface area contributed by atoms with Gasteiger partial charge in [-0.1, -0.05) is 30.3 Å². The fourth-order valence-corrected chi connectivity index (χ4v) is 2.38. The number of hydrogen-bond acceptors (Lipinski definition) is 5. The molecule has 0 aliphatic rings. The van der Waals surface area contributed by atoms with Crippen molar-refractivity contribution in [2.45, 2.75) is 31.8 Å². The minimum absolute atomic E-state index is 0.0645. The fourth-order valence-electron chi connectivity index (χ4n) is 2.38. The van der Waals surface area contributed by atoms with Crippen LogP contribution in [-0.2, 0) is 22.6 Å². The van der Waals surface area contributed by atoms with E-state index in [0.29, 0.717) is 6.42 Å². The standard InChI is InChI=1S/C16H18N4O5/c21-15(11-19-10-14(9-17-19)20(24)25)18-13(6-7-16(22)23)8-12-4-2-1-3-5-12/h1-5,9-10,13H,6-8,11H2,(H,18,21)(H,22,23). The van der Waals surface area contributed by atoms with E-state index in [4.69, 9.17) is 5.11 Å². The largest absolute Gasteiger partial charge is 0.481 e. The second-order valence-corrected chi connectivity index (χ2v) is 5.54. The van der Waals surface area contributed by atoms with Gasteiger partial charge >= 0.3 is 11.7 Å². The van der Waals surface area contributed by atoms with Gasteiger partial charge in [0.1, 0.15) is 18.9 Å². The van der Waals surface area contributed by atoms with Gasteiger partial charge < -0.3 is 10.4 Å². The lowest BCUT2D eigenvalue weighted by atomic mass is 10.0. The molecule has 0 aliphatic heterocycles. The van der Waals surface area contributed by atoms with Crippen LogP contribution < -0.4 is 5.32 Å². The van der Waals surface area contributed by atoms with Gasteiger partial charge in [-0.3, -0.25) is 24.4 Å². The van der Waals surface area contributed by atoms with Gasteiger partial charge in [0.15, 0.2) is 0 Å². The maximum atomic E-state index is 12.1. The number of hydrogen-bond donors (Lipinski definition) is 2. The highest BCUT2D eigenvalue weighted by Crippen LogP contribution is 2.09. The summed E-state index contributed by atoms with van der Waals surface area (Å²) < 4.78 is 1.17. The molecular formula is C16H18N4O5. The molecule has 1 aromatic heterocycles. The average Bonchev–Trinajstić information content (AvgIpc) is 3.02. The van der Waals surface area contributed by atoms with Crippen LogP contribution in [0.3, 0.4) is 0 Å². The van der Waals surface area contributed by atoms with Crippen LogP contribution in [0.15, 0.2) is 42.7 Å². The fraction of sp³-hybridized carbons (Fsp3) is 0.312. The smallest absolute Gasteiger partial charge is 0.307 e. The average molecular weight is 346 g/mol. The molecule has 9 nitrogen and oxygen atoms in total. The first-order valence-electron chi connectivity index (χ1n) is 7.66. The zero-order valence-corrected chi connectivity index (χ0v) is 13.4. The summed E-state index contributed by atoms with van der Waals surface area (Å²) >= 11 is 0. The first-order chi connectivity index (χ1) is 11.9. The van der Waals surface area contributed by atoms with Gasteiger partial charge in [-0.2, -0.15) is 5.10 Å². The summed E-state index contributed by atoms with van der Waals surface area (Å²) in [4.78, 5) is 33.0. The Balaban J connectivity index is 1.97. The minimum Gasteiger partial charge on any atom is -0.481 e. The molecule has 1 atom stereocenters. The topological polar surface area (TPSA) is 127 Å². The summed E-state index contributed by atoms with van der Waals surface area (Å²) in [5.41, 5.74) is 0.785. The van der Waals surface area contributed by atoms with Crippen molar-refractivity contribution in [3.05, 3.63) is 58.4 Å². The second-order valence-electron chi connectivity index (χ2n) is 5.54. The highest BCUT2D eigenvalue weighted by molar-refractivity contribution is 5.76. The first kappa shape index (κ1) is 18.1. The summed E-state index contributed by atoms with van der Waals surface area (Å²) in [5, 5.41) is 26.0. The highest BCUT2D eigenvalue weighted by atomic mass is 16.6. The zero-order valence-electron chi connectivity index (χ0n) is 13.4. The number of rotatable bonds is 9. The van der Waals surface area contributed by atoms with Crippen LogP contribution >= 0.6 is 0 Å². The zero-order chi connectivity index (χ0) is 18.2. The molecule has 132 valence electrons. The van der Waals surface area contributed by atoms with E-state index in [2.05, 4.69) is 10.4 Å². The predicted octanol–water partition coefficient (Wildman–Crippen LogP) is 1.38. The molecule has 1 aromatic carbocycles. The Morgan fingerprint density at radius 1 is 1.32 bits per heavy atom. The number of carboxylic acid groups (broad SMARTS) is 1. The number of aliphatic carboxylic acids is 1. The Morgan fingerprint density at radius 3 is 2.64 bits per heavy atom. The predicted molar refractivity (Wildman–Crippen MR) is 87.8 cm³/mol. The molecule has 0 aliphatic carbocycles. The number of nitro groups is 1. The van der Waals surface area contributed by atoms with Crippen molar-refractivity contribution in [1.29, 1.82) is 0 Å². The number of nitrogens with one attached hydrogen (secondary N) is 1. The van der Waals surface area contributed by atoms with Gasteiger partial charge in [0.25, 0.3) is 0 Å². The molecule has 0 bridgehead atoms. The van der Waals surface area contributed by atoms with Crippen molar-refractivity contribution < 1.29 is 19.6 Å². The van der Waals surface area contributed by atoms with Gasteiger partial charge in [-0.05, 0) is 18.4 Å². The first-order valence-corrected chi connectivity index (χ1v) is 7.66. The van der Waals surface area contributed by atoms with Crippen molar-refractivity contribution in [3.63, 3.8) is 0 Å². The Labute approximate surface area is 143 Å². The molecule has 0 saturated carbocycles. The van der Waals surface area contributed by atoms with Crippen LogP contribution in [0.5, 0.6) is 0 Å². The number of aromatic nitrogens is 2. The molecular weight excluding hydrogens is 328 g/mol. The van der Waals surface area contributed by atoms with Crippen LogP contribution in [-0.4, -0.2) is 37.7 Å². The summed E-state index contributed by atoms with van der Waals surface area (Å²) in [6.07, 6.45) is 2.96. The highest BCUT2D eigenvalue weighted by Gasteiger charge is 2.16. The van der Waals surface area contributed by atoms with Gasteiger partial charge in [0.05, 0.1) is 4.92 Å². The molecule has 0 fully saturated rings. The Kier molecular flexibility index (Phi) is 6.21.